The Morgan fingerprint density at radius 2 is 2.11 bits per heavy atom. The molecule has 19 heavy (non-hydrogen) atoms. The van der Waals surface area contributed by atoms with Crippen molar-refractivity contribution in [3.05, 3.63) is 35.4 Å². The quantitative estimate of drug-likeness (QED) is 0.865. The van der Waals surface area contributed by atoms with Gasteiger partial charge in [-0.25, -0.2) is 0 Å². The molecule has 106 valence electrons. The third kappa shape index (κ3) is 5.30. The number of aliphatic hydroxyl groups is 1. The predicted molar refractivity (Wildman–Crippen MR) is 64.5 cm³/mol. The van der Waals surface area contributed by atoms with Crippen LogP contribution in [0.2, 0.25) is 0 Å². The summed E-state index contributed by atoms with van der Waals surface area (Å²) in [7, 11) is 0. The van der Waals surface area contributed by atoms with Crippen LogP contribution in [0.25, 0.3) is 0 Å². The Balaban J connectivity index is 2.65. The van der Waals surface area contributed by atoms with Gasteiger partial charge in [-0.1, -0.05) is 18.2 Å². The number of aliphatic hydroxyl groups excluding tert-OH is 1. The van der Waals surface area contributed by atoms with Gasteiger partial charge >= 0.3 is 6.18 Å². The molecule has 1 rings (SSSR count). The van der Waals surface area contributed by atoms with E-state index in [1.165, 1.54) is 12.1 Å². The van der Waals surface area contributed by atoms with E-state index >= 15 is 0 Å². The minimum atomic E-state index is -4.41. The fourth-order valence-electron chi connectivity index (χ4n) is 1.63. The van der Waals surface area contributed by atoms with Crippen LogP contribution in [-0.2, 0) is 17.4 Å². The van der Waals surface area contributed by atoms with Gasteiger partial charge in [-0.3, -0.25) is 4.79 Å². The Morgan fingerprint density at radius 3 is 2.68 bits per heavy atom. The lowest BCUT2D eigenvalue weighted by molar-refractivity contribution is -0.137. The van der Waals surface area contributed by atoms with Crippen LogP contribution in [0.4, 0.5) is 13.2 Å². The highest BCUT2D eigenvalue weighted by atomic mass is 19.4. The van der Waals surface area contributed by atoms with E-state index in [0.29, 0.717) is 12.0 Å². The number of hydrogen-bond donors (Lipinski definition) is 2. The molecule has 0 radical (unpaired) electrons. The Morgan fingerprint density at radius 1 is 1.42 bits per heavy atom. The Hall–Kier alpha value is -1.56. The molecule has 0 aliphatic carbocycles. The number of alkyl halides is 3. The van der Waals surface area contributed by atoms with Crippen molar-refractivity contribution < 1.29 is 23.1 Å². The highest BCUT2D eigenvalue weighted by Gasteiger charge is 2.30. The summed E-state index contributed by atoms with van der Waals surface area (Å²) in [4.78, 5) is 11.6. The number of carbonyl (C=O) groups is 1. The zero-order valence-corrected chi connectivity index (χ0v) is 10.5. The van der Waals surface area contributed by atoms with Gasteiger partial charge in [0.15, 0.2) is 0 Å². The van der Waals surface area contributed by atoms with E-state index in [1.807, 2.05) is 0 Å². The standard InChI is InChI=1S/C13H16F3NO2/c1-9(5-6-18)17-12(19)8-10-3-2-4-11(7-10)13(14,15)16/h2-4,7,9,18H,5-6,8H2,1H3,(H,17,19). The summed E-state index contributed by atoms with van der Waals surface area (Å²) in [6, 6.07) is 4.49. The fraction of sp³-hybridized carbons (Fsp3) is 0.462. The molecule has 0 aliphatic rings. The first-order valence-electron chi connectivity index (χ1n) is 5.89. The second kappa shape index (κ2) is 6.56. The van der Waals surface area contributed by atoms with Crippen LogP contribution in [0.3, 0.4) is 0 Å². The molecule has 3 nitrogen and oxygen atoms in total. The number of benzene rings is 1. The minimum Gasteiger partial charge on any atom is -0.396 e. The lowest BCUT2D eigenvalue weighted by Gasteiger charge is -2.13. The van der Waals surface area contributed by atoms with Crippen molar-refractivity contribution in [2.24, 2.45) is 0 Å². The van der Waals surface area contributed by atoms with Crippen LogP contribution in [-0.4, -0.2) is 23.7 Å². The fourth-order valence-corrected chi connectivity index (χ4v) is 1.63. The van der Waals surface area contributed by atoms with Crippen molar-refractivity contribution in [1.82, 2.24) is 5.32 Å². The van der Waals surface area contributed by atoms with Gasteiger partial charge < -0.3 is 10.4 Å². The monoisotopic (exact) mass is 275 g/mol. The molecule has 0 aliphatic heterocycles. The summed E-state index contributed by atoms with van der Waals surface area (Å²) in [5.41, 5.74) is -0.454. The molecule has 0 saturated carbocycles. The normalized spacial score (nSPS) is 13.1. The molecular weight excluding hydrogens is 259 g/mol. The molecule has 1 amide bonds. The van der Waals surface area contributed by atoms with Gasteiger partial charge in [0.05, 0.1) is 12.0 Å². The molecule has 1 unspecified atom stereocenters. The summed E-state index contributed by atoms with van der Waals surface area (Å²) in [6.07, 6.45) is -4.11. The van der Waals surface area contributed by atoms with E-state index in [0.717, 1.165) is 12.1 Å². The van der Waals surface area contributed by atoms with E-state index < -0.39 is 11.7 Å². The number of hydrogen-bond acceptors (Lipinski definition) is 2. The van der Waals surface area contributed by atoms with Gasteiger partial charge in [-0.2, -0.15) is 13.2 Å². The van der Waals surface area contributed by atoms with Gasteiger partial charge in [-0.15, -0.1) is 0 Å². The Bertz CT molecular complexity index is 432. The minimum absolute atomic E-state index is 0.0506. The van der Waals surface area contributed by atoms with Crippen molar-refractivity contribution in [2.75, 3.05) is 6.61 Å². The smallest absolute Gasteiger partial charge is 0.396 e. The van der Waals surface area contributed by atoms with Gasteiger partial charge in [0.1, 0.15) is 0 Å². The average molecular weight is 275 g/mol. The van der Waals surface area contributed by atoms with Crippen LogP contribution in [0.1, 0.15) is 24.5 Å². The second-order valence-corrected chi connectivity index (χ2v) is 4.36. The molecule has 0 aromatic heterocycles. The molecule has 2 N–H and O–H groups in total. The van der Waals surface area contributed by atoms with E-state index in [1.54, 1.807) is 6.92 Å². The Kier molecular flexibility index (Phi) is 5.35. The third-order valence-corrected chi connectivity index (χ3v) is 2.59. The first kappa shape index (κ1) is 15.5. The molecule has 0 spiro atoms. The van der Waals surface area contributed by atoms with Crippen molar-refractivity contribution >= 4 is 5.91 Å². The number of amides is 1. The number of halogens is 3. The maximum Gasteiger partial charge on any atom is 0.416 e. The van der Waals surface area contributed by atoms with Gasteiger partial charge in [-0.05, 0) is 25.0 Å². The second-order valence-electron chi connectivity index (χ2n) is 4.36. The predicted octanol–water partition coefficient (Wildman–Crippen LogP) is 2.13. The van der Waals surface area contributed by atoms with E-state index in [9.17, 15) is 18.0 Å². The van der Waals surface area contributed by atoms with E-state index in [4.69, 9.17) is 5.11 Å². The maximum absolute atomic E-state index is 12.5. The molecule has 0 saturated heterocycles. The number of nitrogens with one attached hydrogen (secondary N) is 1. The SMILES string of the molecule is CC(CCO)NC(=O)Cc1cccc(C(F)(F)F)c1. The summed E-state index contributed by atoms with van der Waals surface area (Å²) < 4.78 is 37.5. The highest BCUT2D eigenvalue weighted by molar-refractivity contribution is 5.78. The van der Waals surface area contributed by atoms with Gasteiger partial charge in [0.2, 0.25) is 5.91 Å². The molecular formula is C13H16F3NO2. The van der Waals surface area contributed by atoms with Crippen LogP contribution in [0.5, 0.6) is 0 Å². The zero-order chi connectivity index (χ0) is 14.5. The van der Waals surface area contributed by atoms with Crippen LogP contribution in [0, 0.1) is 0 Å². The Labute approximate surface area is 109 Å². The van der Waals surface area contributed by atoms with Crippen LogP contribution >= 0.6 is 0 Å². The third-order valence-electron chi connectivity index (χ3n) is 2.59. The van der Waals surface area contributed by atoms with Crippen LogP contribution in [0.15, 0.2) is 24.3 Å². The first-order chi connectivity index (χ1) is 8.82. The lowest BCUT2D eigenvalue weighted by Crippen LogP contribution is -2.34. The van der Waals surface area contributed by atoms with Crippen molar-refractivity contribution in [1.29, 1.82) is 0 Å². The van der Waals surface area contributed by atoms with Crippen molar-refractivity contribution in [2.45, 2.75) is 32.0 Å². The number of rotatable bonds is 5. The average Bonchev–Trinajstić information content (AvgIpc) is 2.28. The largest absolute Gasteiger partial charge is 0.416 e. The lowest BCUT2D eigenvalue weighted by atomic mass is 10.1. The van der Waals surface area contributed by atoms with Crippen molar-refractivity contribution in [3.63, 3.8) is 0 Å². The molecule has 1 atom stereocenters. The van der Waals surface area contributed by atoms with Gasteiger partial charge in [0.25, 0.3) is 0 Å². The van der Waals surface area contributed by atoms with E-state index in [-0.39, 0.29) is 25.0 Å². The molecule has 1 aromatic rings. The van der Waals surface area contributed by atoms with Crippen molar-refractivity contribution in [3.8, 4) is 0 Å². The molecule has 1 aromatic carbocycles. The zero-order valence-electron chi connectivity index (χ0n) is 10.5. The molecule has 0 bridgehead atoms. The van der Waals surface area contributed by atoms with E-state index in [2.05, 4.69) is 5.32 Å². The number of carbonyl (C=O) groups excluding carboxylic acids is 1. The molecule has 6 heteroatoms. The summed E-state index contributed by atoms with van der Waals surface area (Å²) >= 11 is 0. The molecule has 0 heterocycles. The highest BCUT2D eigenvalue weighted by Crippen LogP contribution is 2.29. The summed E-state index contributed by atoms with van der Waals surface area (Å²) in [5.74, 6) is -0.361. The maximum atomic E-state index is 12.5. The van der Waals surface area contributed by atoms with Gasteiger partial charge in [0, 0.05) is 12.6 Å². The molecule has 0 fully saturated rings. The van der Waals surface area contributed by atoms with Crippen LogP contribution < -0.4 is 5.32 Å². The topological polar surface area (TPSA) is 49.3 Å². The first-order valence-corrected chi connectivity index (χ1v) is 5.89. The summed E-state index contributed by atoms with van der Waals surface area (Å²) in [6.45, 7) is 1.67. The summed E-state index contributed by atoms with van der Waals surface area (Å²) in [5, 5.41) is 11.3.